The molecular weight excluding hydrogens is 368 g/mol. The standard InChI is InChI=1S/C20H19F2N3OS/c1-12-8-17-18(27-12)2-5-23-19(17)25-6-3-13(4-7-25)20(26)24-16-10-14(21)9-15(22)11-16/h2,5,8-11,13H,3-4,6-7H2,1H3,(H,24,26). The summed E-state index contributed by atoms with van der Waals surface area (Å²) >= 11 is 1.75. The van der Waals surface area contributed by atoms with Crippen LogP contribution in [0.15, 0.2) is 36.5 Å². The van der Waals surface area contributed by atoms with Crippen LogP contribution in [0.5, 0.6) is 0 Å². The first kappa shape index (κ1) is 17.9. The van der Waals surface area contributed by atoms with Crippen molar-refractivity contribution < 1.29 is 13.6 Å². The van der Waals surface area contributed by atoms with Crippen molar-refractivity contribution in [3.8, 4) is 0 Å². The van der Waals surface area contributed by atoms with E-state index in [1.54, 1.807) is 11.3 Å². The van der Waals surface area contributed by atoms with Gasteiger partial charge < -0.3 is 10.2 Å². The Labute approximate surface area is 159 Å². The zero-order valence-electron chi connectivity index (χ0n) is 14.8. The first-order chi connectivity index (χ1) is 13.0. The van der Waals surface area contributed by atoms with Crippen molar-refractivity contribution in [2.45, 2.75) is 19.8 Å². The Morgan fingerprint density at radius 3 is 2.59 bits per heavy atom. The number of benzene rings is 1. The van der Waals surface area contributed by atoms with Gasteiger partial charge in [-0.1, -0.05) is 0 Å². The topological polar surface area (TPSA) is 45.2 Å². The summed E-state index contributed by atoms with van der Waals surface area (Å²) in [4.78, 5) is 20.5. The summed E-state index contributed by atoms with van der Waals surface area (Å²) < 4.78 is 27.8. The quantitative estimate of drug-likeness (QED) is 0.706. The molecule has 140 valence electrons. The smallest absolute Gasteiger partial charge is 0.227 e. The molecule has 0 bridgehead atoms. The number of nitrogens with one attached hydrogen (secondary N) is 1. The van der Waals surface area contributed by atoms with Crippen LogP contribution in [0, 0.1) is 24.5 Å². The molecule has 1 saturated heterocycles. The fourth-order valence-electron chi connectivity index (χ4n) is 3.55. The minimum atomic E-state index is -0.703. The van der Waals surface area contributed by atoms with Crippen molar-refractivity contribution in [2.75, 3.05) is 23.3 Å². The van der Waals surface area contributed by atoms with E-state index in [0.29, 0.717) is 12.8 Å². The van der Waals surface area contributed by atoms with Crippen LogP contribution in [-0.2, 0) is 4.79 Å². The Morgan fingerprint density at radius 1 is 1.19 bits per heavy atom. The normalized spacial score (nSPS) is 15.3. The van der Waals surface area contributed by atoms with Crippen LogP contribution < -0.4 is 10.2 Å². The number of rotatable bonds is 3. The van der Waals surface area contributed by atoms with Gasteiger partial charge in [0.15, 0.2) is 0 Å². The molecular formula is C20H19F2N3OS. The molecule has 0 spiro atoms. The lowest BCUT2D eigenvalue weighted by atomic mass is 9.95. The second-order valence-corrected chi connectivity index (χ2v) is 8.10. The molecule has 1 fully saturated rings. The third kappa shape index (κ3) is 3.78. The maximum atomic E-state index is 13.3. The van der Waals surface area contributed by atoms with Gasteiger partial charge in [0.25, 0.3) is 0 Å². The molecule has 3 heterocycles. The van der Waals surface area contributed by atoms with Gasteiger partial charge in [0.2, 0.25) is 5.91 Å². The predicted octanol–water partition coefficient (Wildman–Crippen LogP) is 4.74. The average molecular weight is 387 g/mol. The van der Waals surface area contributed by atoms with Gasteiger partial charge in [0.05, 0.1) is 0 Å². The van der Waals surface area contributed by atoms with Gasteiger partial charge in [-0.25, -0.2) is 13.8 Å². The molecule has 0 saturated carbocycles. The van der Waals surface area contributed by atoms with E-state index in [0.717, 1.165) is 42.5 Å². The van der Waals surface area contributed by atoms with E-state index < -0.39 is 11.6 Å². The van der Waals surface area contributed by atoms with E-state index in [2.05, 4.69) is 28.2 Å². The lowest BCUT2D eigenvalue weighted by molar-refractivity contribution is -0.120. The van der Waals surface area contributed by atoms with Crippen LogP contribution in [0.2, 0.25) is 0 Å². The molecule has 4 nitrogen and oxygen atoms in total. The Hall–Kier alpha value is -2.54. The fourth-order valence-corrected chi connectivity index (χ4v) is 4.46. The highest BCUT2D eigenvalue weighted by Gasteiger charge is 2.26. The average Bonchev–Trinajstić information content (AvgIpc) is 3.01. The number of carbonyl (C=O) groups excluding carboxylic acids is 1. The number of hydrogen-bond acceptors (Lipinski definition) is 4. The number of hydrogen-bond donors (Lipinski definition) is 1. The zero-order valence-corrected chi connectivity index (χ0v) is 15.7. The summed E-state index contributed by atoms with van der Waals surface area (Å²) in [6, 6.07) is 7.21. The van der Waals surface area contributed by atoms with E-state index in [1.165, 1.54) is 9.58 Å². The van der Waals surface area contributed by atoms with Crippen LogP contribution in [0.3, 0.4) is 0 Å². The molecule has 0 unspecified atom stereocenters. The van der Waals surface area contributed by atoms with Crippen molar-refractivity contribution in [1.82, 2.24) is 4.98 Å². The number of piperidine rings is 1. The first-order valence-electron chi connectivity index (χ1n) is 8.86. The Balaban J connectivity index is 1.43. The number of pyridine rings is 1. The highest BCUT2D eigenvalue weighted by Crippen LogP contribution is 2.33. The molecule has 1 amide bonds. The van der Waals surface area contributed by atoms with Gasteiger partial charge >= 0.3 is 0 Å². The minimum Gasteiger partial charge on any atom is -0.356 e. The van der Waals surface area contributed by atoms with Crippen molar-refractivity contribution in [3.05, 3.63) is 53.0 Å². The molecule has 3 aromatic rings. The third-order valence-corrected chi connectivity index (χ3v) is 5.86. The van der Waals surface area contributed by atoms with Crippen molar-refractivity contribution in [3.63, 3.8) is 0 Å². The molecule has 1 aliphatic heterocycles. The molecule has 4 rings (SSSR count). The number of nitrogens with zero attached hydrogens (tertiary/aromatic N) is 2. The molecule has 0 aliphatic carbocycles. The highest BCUT2D eigenvalue weighted by molar-refractivity contribution is 7.19. The predicted molar refractivity (Wildman–Crippen MR) is 104 cm³/mol. The lowest BCUT2D eigenvalue weighted by Crippen LogP contribution is -2.38. The van der Waals surface area contributed by atoms with E-state index in [-0.39, 0.29) is 17.5 Å². The Kier molecular flexibility index (Phi) is 4.78. The number of anilines is 2. The summed E-state index contributed by atoms with van der Waals surface area (Å²) in [6.07, 6.45) is 3.17. The monoisotopic (exact) mass is 387 g/mol. The van der Waals surface area contributed by atoms with Crippen LogP contribution in [0.4, 0.5) is 20.3 Å². The largest absolute Gasteiger partial charge is 0.356 e. The highest BCUT2D eigenvalue weighted by atomic mass is 32.1. The fraction of sp³-hybridized carbons (Fsp3) is 0.300. The van der Waals surface area contributed by atoms with E-state index in [9.17, 15) is 13.6 Å². The first-order valence-corrected chi connectivity index (χ1v) is 9.68. The van der Waals surface area contributed by atoms with Crippen LogP contribution in [0.1, 0.15) is 17.7 Å². The number of thiophene rings is 1. The van der Waals surface area contributed by atoms with Crippen molar-refractivity contribution >= 4 is 38.8 Å². The number of amides is 1. The summed E-state index contributed by atoms with van der Waals surface area (Å²) in [5, 5.41) is 3.78. The summed E-state index contributed by atoms with van der Waals surface area (Å²) in [6.45, 7) is 3.52. The number of aryl methyl sites for hydroxylation is 1. The minimum absolute atomic E-state index is 0.153. The summed E-state index contributed by atoms with van der Waals surface area (Å²) in [5.41, 5.74) is 0.153. The Bertz CT molecular complexity index is 976. The zero-order chi connectivity index (χ0) is 19.0. The molecule has 1 N–H and O–H groups in total. The van der Waals surface area contributed by atoms with E-state index >= 15 is 0 Å². The number of fused-ring (bicyclic) bond motifs is 1. The maximum Gasteiger partial charge on any atom is 0.227 e. The lowest BCUT2D eigenvalue weighted by Gasteiger charge is -2.32. The van der Waals surface area contributed by atoms with Gasteiger partial charge in [-0.15, -0.1) is 11.3 Å². The second kappa shape index (κ2) is 7.23. The van der Waals surface area contributed by atoms with Crippen molar-refractivity contribution in [1.29, 1.82) is 0 Å². The number of aromatic nitrogens is 1. The van der Waals surface area contributed by atoms with Gasteiger partial charge in [0.1, 0.15) is 17.5 Å². The SMILES string of the molecule is Cc1cc2c(N3CCC(C(=O)Nc4cc(F)cc(F)c4)CC3)nccc2s1. The number of halogens is 2. The maximum absolute atomic E-state index is 13.3. The molecule has 1 aliphatic rings. The van der Waals surface area contributed by atoms with Gasteiger partial charge in [-0.3, -0.25) is 4.79 Å². The Morgan fingerprint density at radius 2 is 1.89 bits per heavy atom. The van der Waals surface area contributed by atoms with Gasteiger partial charge in [-0.05, 0) is 44.0 Å². The second-order valence-electron chi connectivity index (χ2n) is 6.81. The van der Waals surface area contributed by atoms with Gasteiger partial charge in [-0.2, -0.15) is 0 Å². The molecule has 0 radical (unpaired) electrons. The molecule has 7 heteroatoms. The molecule has 0 atom stereocenters. The summed E-state index contributed by atoms with van der Waals surface area (Å²) in [7, 11) is 0. The van der Waals surface area contributed by atoms with Crippen molar-refractivity contribution in [2.24, 2.45) is 5.92 Å². The third-order valence-electron chi connectivity index (χ3n) is 4.84. The molecule has 2 aromatic heterocycles. The van der Waals surface area contributed by atoms with Crippen LogP contribution in [0.25, 0.3) is 10.1 Å². The van der Waals surface area contributed by atoms with Crippen LogP contribution >= 0.6 is 11.3 Å². The van der Waals surface area contributed by atoms with Crippen LogP contribution in [-0.4, -0.2) is 24.0 Å². The number of carbonyl (C=O) groups is 1. The summed E-state index contributed by atoms with van der Waals surface area (Å²) in [5.74, 6) is -0.827. The molecule has 1 aromatic carbocycles. The van der Waals surface area contributed by atoms with E-state index in [4.69, 9.17) is 0 Å². The van der Waals surface area contributed by atoms with E-state index in [1.807, 2.05) is 12.3 Å². The van der Waals surface area contributed by atoms with Gasteiger partial charge in [0, 0.05) is 51.9 Å². The molecule has 27 heavy (non-hydrogen) atoms.